The smallest absolute Gasteiger partial charge is 0.131 e. The van der Waals surface area contributed by atoms with E-state index in [1.807, 2.05) is 0 Å². The number of hydrogen-bond donors (Lipinski definition) is 2. The van der Waals surface area contributed by atoms with Crippen LogP contribution in [0.15, 0.2) is 42.7 Å². The van der Waals surface area contributed by atoms with Crippen LogP contribution in [0.4, 0.5) is 4.39 Å². The van der Waals surface area contributed by atoms with Crippen molar-refractivity contribution in [1.82, 2.24) is 4.98 Å². The van der Waals surface area contributed by atoms with Gasteiger partial charge in [-0.05, 0) is 30.2 Å². The number of nitrogens with zero attached hydrogens (tertiary/aromatic N) is 1. The van der Waals surface area contributed by atoms with Gasteiger partial charge in [-0.3, -0.25) is 4.98 Å². The molecule has 1 heterocycles. The van der Waals surface area contributed by atoms with Crippen LogP contribution >= 0.6 is 0 Å². The summed E-state index contributed by atoms with van der Waals surface area (Å²) in [7, 11) is 0. The quantitative estimate of drug-likeness (QED) is 0.886. The average Bonchev–Trinajstić information content (AvgIpc) is 2.44. The number of aliphatic hydroxyl groups is 1. The Kier molecular flexibility index (Phi) is 4.24. The third-order valence-electron chi connectivity index (χ3n) is 3.31. The van der Waals surface area contributed by atoms with Crippen LogP contribution in [0.3, 0.4) is 0 Å². The normalized spacial score (nSPS) is 14.1. The van der Waals surface area contributed by atoms with E-state index in [0.29, 0.717) is 5.56 Å². The van der Waals surface area contributed by atoms with Crippen molar-refractivity contribution >= 4 is 0 Å². The van der Waals surface area contributed by atoms with Crippen molar-refractivity contribution in [2.45, 2.75) is 18.9 Å². The summed E-state index contributed by atoms with van der Waals surface area (Å²) in [5, 5.41) is 10.4. The van der Waals surface area contributed by atoms with Gasteiger partial charge in [-0.1, -0.05) is 18.2 Å². The van der Waals surface area contributed by atoms with Crippen molar-refractivity contribution in [3.8, 4) is 0 Å². The molecule has 0 fully saturated rings. The van der Waals surface area contributed by atoms with E-state index in [4.69, 9.17) is 5.73 Å². The molecular weight excluding hydrogens is 243 g/mol. The molecule has 3 N–H and O–H groups in total. The van der Waals surface area contributed by atoms with E-state index in [1.165, 1.54) is 0 Å². The third-order valence-corrected chi connectivity index (χ3v) is 3.31. The van der Waals surface area contributed by atoms with E-state index < -0.39 is 6.10 Å². The van der Waals surface area contributed by atoms with E-state index in [-0.39, 0.29) is 23.8 Å². The summed E-state index contributed by atoms with van der Waals surface area (Å²) < 4.78 is 14.1. The Balaban J connectivity index is 2.36. The molecule has 0 bridgehead atoms. The topological polar surface area (TPSA) is 59.1 Å². The van der Waals surface area contributed by atoms with Gasteiger partial charge in [-0.15, -0.1) is 0 Å². The summed E-state index contributed by atoms with van der Waals surface area (Å²) in [6.07, 6.45) is 2.31. The zero-order valence-corrected chi connectivity index (χ0v) is 10.8. The van der Waals surface area contributed by atoms with E-state index in [0.717, 1.165) is 5.56 Å². The van der Waals surface area contributed by atoms with Gasteiger partial charge in [0.1, 0.15) is 5.82 Å². The molecular formula is C15H17FN2O. The van der Waals surface area contributed by atoms with Gasteiger partial charge in [0.2, 0.25) is 0 Å². The molecule has 0 aliphatic heterocycles. The lowest BCUT2D eigenvalue weighted by Crippen LogP contribution is -2.21. The first kappa shape index (κ1) is 13.6. The van der Waals surface area contributed by atoms with Crippen LogP contribution in [0.1, 0.15) is 28.7 Å². The molecule has 0 saturated carbocycles. The standard InChI is InChI=1S/C15H17FN2O/c1-10-3-2-4-12(14(10)16)15(19)13(9-17)11-5-7-18-8-6-11/h2-8,13,15,19H,9,17H2,1H3. The minimum absolute atomic E-state index is 0.235. The van der Waals surface area contributed by atoms with Gasteiger partial charge in [0, 0.05) is 30.4 Å². The predicted octanol–water partition coefficient (Wildman–Crippen LogP) is 2.31. The minimum atomic E-state index is -0.965. The molecule has 0 aliphatic carbocycles. The molecule has 1 aromatic carbocycles. The Labute approximate surface area is 111 Å². The molecule has 0 radical (unpaired) electrons. The highest BCUT2D eigenvalue weighted by atomic mass is 19.1. The number of aryl methyl sites for hydroxylation is 1. The van der Waals surface area contributed by atoms with Crippen LogP contribution in [-0.2, 0) is 0 Å². The van der Waals surface area contributed by atoms with Gasteiger partial charge in [0.05, 0.1) is 6.10 Å². The Morgan fingerprint density at radius 2 is 1.95 bits per heavy atom. The van der Waals surface area contributed by atoms with Crippen molar-refractivity contribution in [1.29, 1.82) is 0 Å². The second-order valence-electron chi connectivity index (χ2n) is 4.55. The number of pyridine rings is 1. The van der Waals surface area contributed by atoms with Crippen molar-refractivity contribution in [2.75, 3.05) is 6.54 Å². The fourth-order valence-electron chi connectivity index (χ4n) is 2.17. The molecule has 0 spiro atoms. The SMILES string of the molecule is Cc1cccc(C(O)C(CN)c2ccncc2)c1F. The van der Waals surface area contributed by atoms with Gasteiger partial charge >= 0.3 is 0 Å². The maximum Gasteiger partial charge on any atom is 0.131 e. The molecule has 1 aromatic heterocycles. The number of benzene rings is 1. The van der Waals surface area contributed by atoms with Crippen LogP contribution in [0.25, 0.3) is 0 Å². The monoisotopic (exact) mass is 260 g/mol. The molecule has 0 amide bonds. The molecule has 100 valence electrons. The van der Waals surface area contributed by atoms with E-state index in [9.17, 15) is 9.50 Å². The first-order chi connectivity index (χ1) is 9.15. The van der Waals surface area contributed by atoms with Gasteiger partial charge in [0.25, 0.3) is 0 Å². The highest BCUT2D eigenvalue weighted by Gasteiger charge is 2.24. The number of rotatable bonds is 4. The number of halogens is 1. The van der Waals surface area contributed by atoms with Gasteiger partial charge in [-0.25, -0.2) is 4.39 Å². The molecule has 0 aliphatic rings. The number of hydrogen-bond acceptors (Lipinski definition) is 3. The van der Waals surface area contributed by atoms with Crippen LogP contribution in [0, 0.1) is 12.7 Å². The zero-order valence-electron chi connectivity index (χ0n) is 10.8. The highest BCUT2D eigenvalue weighted by molar-refractivity contribution is 5.30. The summed E-state index contributed by atoms with van der Waals surface area (Å²) in [6, 6.07) is 8.58. The number of aromatic nitrogens is 1. The van der Waals surface area contributed by atoms with Crippen molar-refractivity contribution in [3.63, 3.8) is 0 Å². The lowest BCUT2D eigenvalue weighted by atomic mass is 9.89. The van der Waals surface area contributed by atoms with Crippen LogP contribution < -0.4 is 5.73 Å². The van der Waals surface area contributed by atoms with Crippen molar-refractivity contribution in [2.24, 2.45) is 5.73 Å². The van der Waals surface area contributed by atoms with E-state index >= 15 is 0 Å². The first-order valence-corrected chi connectivity index (χ1v) is 6.18. The lowest BCUT2D eigenvalue weighted by Gasteiger charge is -2.23. The number of nitrogens with two attached hydrogens (primary N) is 1. The molecule has 4 heteroatoms. The van der Waals surface area contributed by atoms with Gasteiger partial charge in [0.15, 0.2) is 0 Å². The molecule has 2 unspecified atom stereocenters. The summed E-state index contributed by atoms with van der Waals surface area (Å²) >= 11 is 0. The molecule has 2 atom stereocenters. The van der Waals surface area contributed by atoms with E-state index in [1.54, 1.807) is 49.6 Å². The molecule has 0 saturated heterocycles. The molecule has 2 aromatic rings. The fraction of sp³-hybridized carbons (Fsp3) is 0.267. The maximum absolute atomic E-state index is 14.1. The first-order valence-electron chi connectivity index (χ1n) is 6.18. The molecule has 19 heavy (non-hydrogen) atoms. The number of aliphatic hydroxyl groups excluding tert-OH is 1. The second-order valence-corrected chi connectivity index (χ2v) is 4.55. The maximum atomic E-state index is 14.1. The molecule has 2 rings (SSSR count). The fourth-order valence-corrected chi connectivity index (χ4v) is 2.17. The molecule has 3 nitrogen and oxygen atoms in total. The Morgan fingerprint density at radius 3 is 2.58 bits per heavy atom. The largest absolute Gasteiger partial charge is 0.388 e. The Bertz CT molecular complexity index is 545. The van der Waals surface area contributed by atoms with Crippen molar-refractivity contribution in [3.05, 3.63) is 65.2 Å². The summed E-state index contributed by atoms with van der Waals surface area (Å²) in [4.78, 5) is 3.93. The highest BCUT2D eigenvalue weighted by Crippen LogP contribution is 2.31. The van der Waals surface area contributed by atoms with Gasteiger partial charge in [-0.2, -0.15) is 0 Å². The average molecular weight is 260 g/mol. The summed E-state index contributed by atoms with van der Waals surface area (Å²) in [5.41, 5.74) is 7.38. The Hall–Kier alpha value is -1.78. The zero-order chi connectivity index (χ0) is 13.8. The summed E-state index contributed by atoms with van der Waals surface area (Å²) in [5.74, 6) is -0.721. The second kappa shape index (κ2) is 5.91. The van der Waals surface area contributed by atoms with Crippen LogP contribution in [0.2, 0.25) is 0 Å². The Morgan fingerprint density at radius 1 is 1.26 bits per heavy atom. The van der Waals surface area contributed by atoms with Crippen molar-refractivity contribution < 1.29 is 9.50 Å². The minimum Gasteiger partial charge on any atom is -0.388 e. The van der Waals surface area contributed by atoms with Crippen LogP contribution in [0.5, 0.6) is 0 Å². The predicted molar refractivity (Wildman–Crippen MR) is 72.1 cm³/mol. The van der Waals surface area contributed by atoms with E-state index in [2.05, 4.69) is 4.98 Å². The van der Waals surface area contributed by atoms with Crippen LogP contribution in [-0.4, -0.2) is 16.6 Å². The lowest BCUT2D eigenvalue weighted by molar-refractivity contribution is 0.143. The summed E-state index contributed by atoms with van der Waals surface area (Å²) in [6.45, 7) is 1.91. The van der Waals surface area contributed by atoms with Gasteiger partial charge < -0.3 is 10.8 Å². The third kappa shape index (κ3) is 2.80.